The standard InChI is InChI=1S/C16H20N2O3S/c1-13-17-14(12-22-13)10-18(2)16(19)11-20-8-9-21-15-6-4-3-5-7-15/h3-7,12H,8-11H2,1-2H3. The third kappa shape index (κ3) is 5.46. The van der Waals surface area contributed by atoms with E-state index in [4.69, 9.17) is 9.47 Å². The average molecular weight is 320 g/mol. The molecule has 1 amide bonds. The van der Waals surface area contributed by atoms with E-state index in [1.54, 1.807) is 23.3 Å². The van der Waals surface area contributed by atoms with Gasteiger partial charge in [0.15, 0.2) is 0 Å². The Hall–Kier alpha value is -1.92. The van der Waals surface area contributed by atoms with E-state index >= 15 is 0 Å². The highest BCUT2D eigenvalue weighted by Gasteiger charge is 2.10. The number of ether oxygens (including phenoxy) is 2. The van der Waals surface area contributed by atoms with Crippen LogP contribution in [0, 0.1) is 6.92 Å². The van der Waals surface area contributed by atoms with E-state index in [1.807, 2.05) is 42.6 Å². The van der Waals surface area contributed by atoms with Crippen molar-refractivity contribution in [1.82, 2.24) is 9.88 Å². The molecule has 0 fully saturated rings. The number of aryl methyl sites for hydroxylation is 1. The van der Waals surface area contributed by atoms with Gasteiger partial charge >= 0.3 is 0 Å². The molecule has 0 atom stereocenters. The summed E-state index contributed by atoms with van der Waals surface area (Å²) in [5.74, 6) is 0.735. The van der Waals surface area contributed by atoms with Gasteiger partial charge in [-0.25, -0.2) is 4.98 Å². The van der Waals surface area contributed by atoms with E-state index in [9.17, 15) is 4.79 Å². The van der Waals surface area contributed by atoms with Crippen molar-refractivity contribution in [1.29, 1.82) is 0 Å². The molecule has 0 aliphatic rings. The number of likely N-dealkylation sites (N-methyl/N-ethyl adjacent to an activating group) is 1. The van der Waals surface area contributed by atoms with Crippen molar-refractivity contribution < 1.29 is 14.3 Å². The highest BCUT2D eigenvalue weighted by molar-refractivity contribution is 7.09. The lowest BCUT2D eigenvalue weighted by Crippen LogP contribution is -2.30. The van der Waals surface area contributed by atoms with Crippen molar-refractivity contribution >= 4 is 17.2 Å². The van der Waals surface area contributed by atoms with Crippen LogP contribution in [-0.2, 0) is 16.1 Å². The molecule has 6 heteroatoms. The van der Waals surface area contributed by atoms with Crippen LogP contribution >= 0.6 is 11.3 Å². The second kappa shape index (κ2) is 8.51. The fraction of sp³-hybridized carbons (Fsp3) is 0.375. The van der Waals surface area contributed by atoms with Crippen LogP contribution in [0.1, 0.15) is 10.7 Å². The van der Waals surface area contributed by atoms with E-state index in [0.29, 0.717) is 19.8 Å². The summed E-state index contributed by atoms with van der Waals surface area (Å²) in [5, 5.41) is 2.97. The van der Waals surface area contributed by atoms with Gasteiger partial charge in [-0.15, -0.1) is 11.3 Å². The minimum Gasteiger partial charge on any atom is -0.491 e. The molecule has 118 valence electrons. The smallest absolute Gasteiger partial charge is 0.248 e. The van der Waals surface area contributed by atoms with Gasteiger partial charge in [-0.05, 0) is 19.1 Å². The quantitative estimate of drug-likeness (QED) is 0.701. The van der Waals surface area contributed by atoms with E-state index in [1.165, 1.54) is 0 Å². The van der Waals surface area contributed by atoms with E-state index in [-0.39, 0.29) is 12.5 Å². The predicted molar refractivity (Wildman–Crippen MR) is 86.1 cm³/mol. The number of nitrogens with zero attached hydrogens (tertiary/aromatic N) is 2. The van der Waals surface area contributed by atoms with Gasteiger partial charge in [0, 0.05) is 12.4 Å². The number of para-hydroxylation sites is 1. The fourth-order valence-corrected chi connectivity index (χ4v) is 2.42. The van der Waals surface area contributed by atoms with Crippen molar-refractivity contribution in [3.8, 4) is 5.75 Å². The van der Waals surface area contributed by atoms with Crippen molar-refractivity contribution in [3.05, 3.63) is 46.4 Å². The van der Waals surface area contributed by atoms with Crippen molar-refractivity contribution in [2.75, 3.05) is 26.9 Å². The van der Waals surface area contributed by atoms with Gasteiger partial charge < -0.3 is 14.4 Å². The van der Waals surface area contributed by atoms with Crippen LogP contribution in [-0.4, -0.2) is 42.7 Å². The summed E-state index contributed by atoms with van der Waals surface area (Å²) in [6.45, 7) is 3.31. The summed E-state index contributed by atoms with van der Waals surface area (Å²) in [5.41, 5.74) is 0.908. The van der Waals surface area contributed by atoms with Gasteiger partial charge in [-0.2, -0.15) is 0 Å². The molecule has 22 heavy (non-hydrogen) atoms. The molecule has 0 unspecified atom stereocenters. The Morgan fingerprint density at radius 3 is 2.73 bits per heavy atom. The number of amides is 1. The molecule has 1 aromatic carbocycles. The Balaban J connectivity index is 1.61. The summed E-state index contributed by atoms with van der Waals surface area (Å²) in [7, 11) is 1.75. The molecule has 2 rings (SSSR count). The Kier molecular flexibility index (Phi) is 6.36. The Morgan fingerprint density at radius 2 is 2.05 bits per heavy atom. The number of carbonyl (C=O) groups is 1. The minimum atomic E-state index is -0.0645. The SMILES string of the molecule is Cc1nc(CN(C)C(=O)COCCOc2ccccc2)cs1. The number of thiazole rings is 1. The zero-order chi connectivity index (χ0) is 15.8. The van der Waals surface area contributed by atoms with Crippen molar-refractivity contribution in [3.63, 3.8) is 0 Å². The molecule has 0 aliphatic heterocycles. The lowest BCUT2D eigenvalue weighted by molar-refractivity contribution is -0.135. The second-order valence-electron chi connectivity index (χ2n) is 4.82. The third-order valence-electron chi connectivity index (χ3n) is 2.96. The van der Waals surface area contributed by atoms with E-state index in [0.717, 1.165) is 16.5 Å². The Morgan fingerprint density at radius 1 is 1.27 bits per heavy atom. The van der Waals surface area contributed by atoms with Gasteiger partial charge in [0.2, 0.25) is 5.91 Å². The minimum absolute atomic E-state index is 0.0533. The molecule has 1 heterocycles. The highest BCUT2D eigenvalue weighted by atomic mass is 32.1. The van der Waals surface area contributed by atoms with Gasteiger partial charge in [0.05, 0.1) is 23.9 Å². The monoisotopic (exact) mass is 320 g/mol. The van der Waals surface area contributed by atoms with Crippen LogP contribution in [0.3, 0.4) is 0 Å². The first-order valence-electron chi connectivity index (χ1n) is 7.05. The lowest BCUT2D eigenvalue weighted by Gasteiger charge is -2.16. The molecule has 5 nitrogen and oxygen atoms in total. The first kappa shape index (κ1) is 16.5. The summed E-state index contributed by atoms with van der Waals surface area (Å²) in [6, 6.07) is 9.52. The Bertz CT molecular complexity index is 586. The molecule has 0 radical (unpaired) electrons. The zero-order valence-corrected chi connectivity index (χ0v) is 13.6. The maximum Gasteiger partial charge on any atom is 0.248 e. The number of carbonyl (C=O) groups excluding carboxylic acids is 1. The Labute approximate surface area is 134 Å². The predicted octanol–water partition coefficient (Wildman–Crippen LogP) is 2.51. The fourth-order valence-electron chi connectivity index (χ4n) is 1.82. The van der Waals surface area contributed by atoms with Gasteiger partial charge in [-0.3, -0.25) is 4.79 Å². The van der Waals surface area contributed by atoms with Gasteiger partial charge in [0.1, 0.15) is 19.0 Å². The summed E-state index contributed by atoms with van der Waals surface area (Å²) in [6.07, 6.45) is 0. The number of hydrogen-bond acceptors (Lipinski definition) is 5. The van der Waals surface area contributed by atoms with Crippen LogP contribution in [0.15, 0.2) is 35.7 Å². The van der Waals surface area contributed by atoms with Crippen LogP contribution < -0.4 is 4.74 Å². The first-order chi connectivity index (χ1) is 10.6. The normalized spacial score (nSPS) is 10.5. The zero-order valence-electron chi connectivity index (χ0n) is 12.8. The van der Waals surface area contributed by atoms with E-state index < -0.39 is 0 Å². The maximum absolute atomic E-state index is 11.9. The first-order valence-corrected chi connectivity index (χ1v) is 7.93. The number of rotatable bonds is 8. The number of hydrogen-bond donors (Lipinski definition) is 0. The summed E-state index contributed by atoms with van der Waals surface area (Å²) >= 11 is 1.58. The molecular weight excluding hydrogens is 300 g/mol. The van der Waals surface area contributed by atoms with Crippen LogP contribution in [0.4, 0.5) is 0 Å². The van der Waals surface area contributed by atoms with Crippen LogP contribution in [0.5, 0.6) is 5.75 Å². The molecule has 1 aromatic heterocycles. The number of benzene rings is 1. The van der Waals surface area contributed by atoms with Crippen LogP contribution in [0.25, 0.3) is 0 Å². The molecule has 0 aliphatic carbocycles. The summed E-state index contributed by atoms with van der Waals surface area (Å²) in [4.78, 5) is 17.9. The molecule has 2 aromatic rings. The molecule has 0 saturated carbocycles. The third-order valence-corrected chi connectivity index (χ3v) is 3.78. The second-order valence-corrected chi connectivity index (χ2v) is 5.88. The lowest BCUT2D eigenvalue weighted by atomic mass is 10.3. The van der Waals surface area contributed by atoms with Crippen LogP contribution in [0.2, 0.25) is 0 Å². The van der Waals surface area contributed by atoms with E-state index in [2.05, 4.69) is 4.98 Å². The number of aromatic nitrogens is 1. The van der Waals surface area contributed by atoms with Crippen molar-refractivity contribution in [2.45, 2.75) is 13.5 Å². The van der Waals surface area contributed by atoms with Gasteiger partial charge in [0.25, 0.3) is 0 Å². The topological polar surface area (TPSA) is 51.7 Å². The molecule has 0 N–H and O–H groups in total. The summed E-state index contributed by atoms with van der Waals surface area (Å²) < 4.78 is 10.8. The highest BCUT2D eigenvalue weighted by Crippen LogP contribution is 2.10. The van der Waals surface area contributed by atoms with Crippen molar-refractivity contribution in [2.24, 2.45) is 0 Å². The average Bonchev–Trinajstić information content (AvgIpc) is 2.92. The molecular formula is C16H20N2O3S. The molecule has 0 saturated heterocycles. The molecule has 0 bridgehead atoms. The maximum atomic E-state index is 11.9. The van der Waals surface area contributed by atoms with Gasteiger partial charge in [-0.1, -0.05) is 18.2 Å². The molecule has 0 spiro atoms. The largest absolute Gasteiger partial charge is 0.491 e.